The molecule has 0 saturated carbocycles. The molecule has 2 heterocycles. The van der Waals surface area contributed by atoms with Crippen molar-refractivity contribution in [1.82, 2.24) is 4.90 Å². The first-order chi connectivity index (χ1) is 12.5. The van der Waals surface area contributed by atoms with Gasteiger partial charge >= 0.3 is 0 Å². The molecule has 0 amide bonds. The Morgan fingerprint density at radius 2 is 1.85 bits per heavy atom. The van der Waals surface area contributed by atoms with Crippen molar-refractivity contribution >= 4 is 27.3 Å². The number of halogens is 1. The number of rotatable bonds is 4. The SMILES string of the molecule is O=S(=O)(c1ccc(CN2C=Cc3ccsc3C2)cc1)c1cccc(F)c1. The fourth-order valence-electron chi connectivity index (χ4n) is 2.94. The number of sulfone groups is 1. The summed E-state index contributed by atoms with van der Waals surface area (Å²) >= 11 is 1.74. The summed E-state index contributed by atoms with van der Waals surface area (Å²) in [5.41, 5.74) is 2.29. The third-order valence-electron chi connectivity index (χ3n) is 4.32. The quantitative estimate of drug-likeness (QED) is 0.653. The van der Waals surface area contributed by atoms with Crippen LogP contribution >= 0.6 is 11.3 Å². The van der Waals surface area contributed by atoms with Crippen molar-refractivity contribution in [3.05, 3.63) is 88.0 Å². The van der Waals surface area contributed by atoms with E-state index < -0.39 is 15.7 Å². The molecule has 0 fully saturated rings. The van der Waals surface area contributed by atoms with Crippen LogP contribution in [0.4, 0.5) is 4.39 Å². The smallest absolute Gasteiger partial charge is 0.206 e. The number of hydrogen-bond acceptors (Lipinski definition) is 4. The first-order valence-corrected chi connectivity index (χ1v) is 10.5. The van der Waals surface area contributed by atoms with Crippen molar-refractivity contribution in [1.29, 1.82) is 0 Å². The minimum Gasteiger partial charge on any atom is -0.368 e. The van der Waals surface area contributed by atoms with Gasteiger partial charge < -0.3 is 4.90 Å². The van der Waals surface area contributed by atoms with Crippen LogP contribution in [-0.2, 0) is 22.9 Å². The van der Waals surface area contributed by atoms with E-state index in [9.17, 15) is 12.8 Å². The fraction of sp³-hybridized carbons (Fsp3) is 0.100. The molecule has 3 nitrogen and oxygen atoms in total. The molecule has 1 aromatic heterocycles. The third-order valence-corrected chi connectivity index (χ3v) is 7.01. The van der Waals surface area contributed by atoms with E-state index in [1.54, 1.807) is 23.5 Å². The minimum atomic E-state index is -3.71. The Kier molecular flexibility index (Phi) is 4.38. The summed E-state index contributed by atoms with van der Waals surface area (Å²) in [5.74, 6) is -0.562. The maximum Gasteiger partial charge on any atom is 0.206 e. The monoisotopic (exact) mass is 385 g/mol. The van der Waals surface area contributed by atoms with Crippen molar-refractivity contribution in [2.75, 3.05) is 0 Å². The summed E-state index contributed by atoms with van der Waals surface area (Å²) < 4.78 is 38.6. The van der Waals surface area contributed by atoms with E-state index in [4.69, 9.17) is 0 Å². The Morgan fingerprint density at radius 3 is 2.62 bits per heavy atom. The summed E-state index contributed by atoms with van der Waals surface area (Å²) in [6.07, 6.45) is 4.16. The fourth-order valence-corrected chi connectivity index (χ4v) is 5.12. The molecule has 26 heavy (non-hydrogen) atoms. The maximum absolute atomic E-state index is 13.3. The molecule has 1 aliphatic rings. The molecular formula is C20H16FNO2S2. The molecule has 1 aliphatic heterocycles. The molecule has 6 heteroatoms. The van der Waals surface area contributed by atoms with E-state index in [0.717, 1.165) is 18.2 Å². The van der Waals surface area contributed by atoms with Gasteiger partial charge in [-0.3, -0.25) is 0 Å². The Morgan fingerprint density at radius 1 is 1.04 bits per heavy atom. The van der Waals surface area contributed by atoms with Gasteiger partial charge in [-0.1, -0.05) is 18.2 Å². The van der Waals surface area contributed by atoms with Gasteiger partial charge in [-0.2, -0.15) is 0 Å². The van der Waals surface area contributed by atoms with Crippen LogP contribution in [0.25, 0.3) is 6.08 Å². The predicted molar refractivity (Wildman–Crippen MR) is 101 cm³/mol. The summed E-state index contributed by atoms with van der Waals surface area (Å²) in [5, 5.41) is 2.09. The summed E-state index contributed by atoms with van der Waals surface area (Å²) in [4.78, 5) is 3.66. The van der Waals surface area contributed by atoms with Gasteiger partial charge in [0.2, 0.25) is 9.84 Å². The molecule has 4 rings (SSSR count). The van der Waals surface area contributed by atoms with Crippen molar-refractivity contribution in [2.24, 2.45) is 0 Å². The van der Waals surface area contributed by atoms with Gasteiger partial charge in [-0.15, -0.1) is 11.3 Å². The summed E-state index contributed by atoms with van der Waals surface area (Å²) in [6.45, 7) is 1.56. The van der Waals surface area contributed by atoms with Crippen molar-refractivity contribution in [2.45, 2.75) is 22.9 Å². The lowest BCUT2D eigenvalue weighted by Crippen LogP contribution is -2.18. The molecule has 0 unspecified atom stereocenters. The number of thiophene rings is 1. The maximum atomic E-state index is 13.3. The van der Waals surface area contributed by atoms with E-state index in [2.05, 4.69) is 28.6 Å². The molecule has 0 saturated heterocycles. The van der Waals surface area contributed by atoms with Crippen LogP contribution in [0.2, 0.25) is 0 Å². The summed E-state index contributed by atoms with van der Waals surface area (Å²) in [6, 6.07) is 14.0. The zero-order chi connectivity index (χ0) is 18.1. The average Bonchev–Trinajstić information content (AvgIpc) is 3.10. The van der Waals surface area contributed by atoms with Crippen molar-refractivity contribution in [3.63, 3.8) is 0 Å². The van der Waals surface area contributed by atoms with Gasteiger partial charge in [0, 0.05) is 17.6 Å². The molecule has 0 aliphatic carbocycles. The van der Waals surface area contributed by atoms with E-state index in [0.29, 0.717) is 6.54 Å². The molecule has 0 atom stereocenters. The largest absolute Gasteiger partial charge is 0.368 e. The third kappa shape index (κ3) is 3.30. The molecule has 132 valence electrons. The zero-order valence-electron chi connectivity index (χ0n) is 13.8. The topological polar surface area (TPSA) is 37.4 Å². The molecular weight excluding hydrogens is 369 g/mol. The van der Waals surface area contributed by atoms with Crippen LogP contribution in [0.1, 0.15) is 16.0 Å². The number of fused-ring (bicyclic) bond motifs is 1. The Labute approximate surface area is 156 Å². The zero-order valence-corrected chi connectivity index (χ0v) is 15.4. The lowest BCUT2D eigenvalue weighted by atomic mass is 10.1. The second-order valence-corrected chi connectivity index (χ2v) is 9.07. The summed E-state index contributed by atoms with van der Waals surface area (Å²) in [7, 11) is -3.71. The van der Waals surface area contributed by atoms with Gasteiger partial charge in [0.1, 0.15) is 5.82 Å². The Hall–Kier alpha value is -2.44. The molecule has 0 radical (unpaired) electrons. The number of nitrogens with zero attached hydrogens (tertiary/aromatic N) is 1. The van der Waals surface area contributed by atoms with Crippen LogP contribution in [0, 0.1) is 5.82 Å². The van der Waals surface area contributed by atoms with E-state index >= 15 is 0 Å². The lowest BCUT2D eigenvalue weighted by molar-refractivity contribution is 0.363. The standard InChI is InChI=1S/C20H16FNO2S2/c21-17-2-1-3-19(12-17)26(23,24)18-6-4-15(5-7-18)13-22-10-8-16-9-11-25-20(16)14-22/h1-12H,13-14H2. The van der Waals surface area contributed by atoms with Crippen molar-refractivity contribution < 1.29 is 12.8 Å². The van der Waals surface area contributed by atoms with Gasteiger partial charge in [0.05, 0.1) is 16.3 Å². The number of benzene rings is 2. The highest BCUT2D eigenvalue weighted by atomic mass is 32.2. The Balaban J connectivity index is 1.52. The van der Waals surface area contributed by atoms with E-state index in [1.165, 1.54) is 28.6 Å². The van der Waals surface area contributed by atoms with E-state index in [1.807, 2.05) is 12.1 Å². The van der Waals surface area contributed by atoms with Crippen LogP contribution in [0.15, 0.2) is 76.0 Å². The van der Waals surface area contributed by atoms with Gasteiger partial charge in [-0.25, -0.2) is 12.8 Å². The first kappa shape index (κ1) is 17.0. The van der Waals surface area contributed by atoms with Gasteiger partial charge in [-0.05, 0) is 59.0 Å². The predicted octanol–water partition coefficient (Wildman–Crippen LogP) is 4.71. The first-order valence-electron chi connectivity index (χ1n) is 8.10. The second kappa shape index (κ2) is 6.70. The average molecular weight is 385 g/mol. The van der Waals surface area contributed by atoms with Crippen molar-refractivity contribution in [3.8, 4) is 0 Å². The van der Waals surface area contributed by atoms with Crippen LogP contribution in [0.3, 0.4) is 0 Å². The molecule has 0 N–H and O–H groups in total. The molecule has 0 spiro atoms. The highest BCUT2D eigenvalue weighted by Gasteiger charge is 2.18. The minimum absolute atomic E-state index is 0.0329. The molecule has 2 aromatic carbocycles. The Bertz CT molecular complexity index is 1070. The van der Waals surface area contributed by atoms with Gasteiger partial charge in [0.25, 0.3) is 0 Å². The van der Waals surface area contributed by atoms with E-state index in [-0.39, 0.29) is 9.79 Å². The normalized spacial score (nSPS) is 13.7. The van der Waals surface area contributed by atoms with Gasteiger partial charge in [0.15, 0.2) is 0 Å². The van der Waals surface area contributed by atoms with Crippen LogP contribution in [0.5, 0.6) is 0 Å². The van der Waals surface area contributed by atoms with Crippen LogP contribution < -0.4 is 0 Å². The molecule has 3 aromatic rings. The highest BCUT2D eigenvalue weighted by Crippen LogP contribution is 2.26. The number of hydrogen-bond donors (Lipinski definition) is 0. The molecule has 0 bridgehead atoms. The van der Waals surface area contributed by atoms with Crippen LogP contribution in [-0.4, -0.2) is 13.3 Å². The highest BCUT2D eigenvalue weighted by molar-refractivity contribution is 7.91. The second-order valence-electron chi connectivity index (χ2n) is 6.12. The lowest BCUT2D eigenvalue weighted by Gasteiger charge is -2.23.